The first-order chi connectivity index (χ1) is 9.13. The van der Waals surface area contributed by atoms with Crippen LogP contribution in [0.2, 0.25) is 0 Å². The van der Waals surface area contributed by atoms with Gasteiger partial charge in [0.2, 0.25) is 5.95 Å². The fourth-order valence-corrected chi connectivity index (χ4v) is 2.00. The lowest BCUT2D eigenvalue weighted by Crippen LogP contribution is -2.20. The molecule has 102 valence electrons. The normalized spacial score (nSPS) is 10.7. The quantitative estimate of drug-likeness (QED) is 0.881. The highest BCUT2D eigenvalue weighted by Gasteiger charge is 2.11. The highest BCUT2D eigenvalue weighted by atomic mass is 15.3. The molecule has 0 saturated carbocycles. The van der Waals surface area contributed by atoms with E-state index >= 15 is 0 Å². The molecule has 6 nitrogen and oxygen atoms in total. The molecule has 2 aromatic rings. The van der Waals surface area contributed by atoms with Gasteiger partial charge in [-0.05, 0) is 13.3 Å². The summed E-state index contributed by atoms with van der Waals surface area (Å²) >= 11 is 0. The standard InChI is InChI=1S/C13H20N6/c1-4-11-7-15-13(14)17-12(11)18(3)8-10-6-16-19(5-2)9-10/h6-7,9H,4-5,8H2,1-3H3,(H2,14,15,17). The molecule has 0 atom stereocenters. The summed E-state index contributed by atoms with van der Waals surface area (Å²) in [6, 6.07) is 0. The van der Waals surface area contributed by atoms with Crippen molar-refractivity contribution in [1.29, 1.82) is 0 Å². The first-order valence-corrected chi connectivity index (χ1v) is 6.47. The van der Waals surface area contributed by atoms with E-state index < -0.39 is 0 Å². The Balaban J connectivity index is 2.19. The number of nitrogens with zero attached hydrogens (tertiary/aromatic N) is 5. The van der Waals surface area contributed by atoms with Crippen LogP contribution in [0.15, 0.2) is 18.6 Å². The largest absolute Gasteiger partial charge is 0.368 e. The van der Waals surface area contributed by atoms with Crippen LogP contribution >= 0.6 is 0 Å². The molecule has 0 aliphatic rings. The fourth-order valence-electron chi connectivity index (χ4n) is 2.00. The lowest BCUT2D eigenvalue weighted by atomic mass is 10.2. The molecule has 0 aromatic carbocycles. The first kappa shape index (κ1) is 13.3. The van der Waals surface area contributed by atoms with E-state index in [-0.39, 0.29) is 0 Å². The molecule has 0 spiro atoms. The molecule has 2 N–H and O–H groups in total. The van der Waals surface area contributed by atoms with Gasteiger partial charge in [-0.25, -0.2) is 4.98 Å². The van der Waals surface area contributed by atoms with Crippen LogP contribution in [0.3, 0.4) is 0 Å². The summed E-state index contributed by atoms with van der Waals surface area (Å²) in [6.45, 7) is 5.79. The van der Waals surface area contributed by atoms with Crippen molar-refractivity contribution < 1.29 is 0 Å². The molecule has 0 amide bonds. The van der Waals surface area contributed by atoms with Crippen molar-refractivity contribution in [2.45, 2.75) is 33.4 Å². The minimum atomic E-state index is 0.309. The van der Waals surface area contributed by atoms with Gasteiger partial charge in [-0.15, -0.1) is 0 Å². The summed E-state index contributed by atoms with van der Waals surface area (Å²) in [5.41, 5.74) is 7.93. The Morgan fingerprint density at radius 3 is 2.74 bits per heavy atom. The van der Waals surface area contributed by atoms with Gasteiger partial charge in [0.1, 0.15) is 5.82 Å². The molecule has 0 fully saturated rings. The van der Waals surface area contributed by atoms with Crippen LogP contribution in [0.4, 0.5) is 11.8 Å². The van der Waals surface area contributed by atoms with Crippen molar-refractivity contribution in [2.75, 3.05) is 17.7 Å². The van der Waals surface area contributed by atoms with Crippen molar-refractivity contribution in [1.82, 2.24) is 19.7 Å². The maximum Gasteiger partial charge on any atom is 0.221 e. The lowest BCUT2D eigenvalue weighted by Gasteiger charge is -2.20. The molecule has 0 aliphatic heterocycles. The molecule has 0 unspecified atom stereocenters. The second-order valence-electron chi connectivity index (χ2n) is 4.49. The van der Waals surface area contributed by atoms with E-state index in [9.17, 15) is 0 Å². The van der Waals surface area contributed by atoms with E-state index in [0.717, 1.165) is 36.5 Å². The Morgan fingerprint density at radius 1 is 1.32 bits per heavy atom. The molecule has 0 bridgehead atoms. The van der Waals surface area contributed by atoms with E-state index in [1.807, 2.05) is 24.1 Å². The van der Waals surface area contributed by atoms with Gasteiger partial charge in [-0.1, -0.05) is 6.92 Å². The van der Waals surface area contributed by atoms with Crippen LogP contribution < -0.4 is 10.6 Å². The third-order valence-electron chi connectivity index (χ3n) is 3.03. The van der Waals surface area contributed by atoms with E-state index in [1.165, 1.54) is 0 Å². The molecular formula is C13H20N6. The van der Waals surface area contributed by atoms with Gasteiger partial charge in [0.15, 0.2) is 0 Å². The second kappa shape index (κ2) is 5.69. The smallest absolute Gasteiger partial charge is 0.221 e. The molecule has 2 aromatic heterocycles. The van der Waals surface area contributed by atoms with Crippen LogP contribution in [0.1, 0.15) is 25.0 Å². The van der Waals surface area contributed by atoms with Crippen LogP contribution in [-0.2, 0) is 19.5 Å². The number of nitrogens with two attached hydrogens (primary N) is 1. The van der Waals surface area contributed by atoms with Crippen molar-refractivity contribution in [2.24, 2.45) is 0 Å². The number of hydrogen-bond acceptors (Lipinski definition) is 5. The monoisotopic (exact) mass is 260 g/mol. The number of hydrogen-bond donors (Lipinski definition) is 1. The number of aryl methyl sites for hydroxylation is 2. The van der Waals surface area contributed by atoms with Gasteiger partial charge in [0.05, 0.1) is 6.20 Å². The zero-order valence-electron chi connectivity index (χ0n) is 11.7. The van der Waals surface area contributed by atoms with Crippen molar-refractivity contribution in [3.05, 3.63) is 29.7 Å². The van der Waals surface area contributed by atoms with E-state index in [0.29, 0.717) is 5.95 Å². The molecule has 0 radical (unpaired) electrons. The second-order valence-corrected chi connectivity index (χ2v) is 4.49. The Labute approximate surface area is 113 Å². The predicted molar refractivity (Wildman–Crippen MR) is 75.8 cm³/mol. The average Bonchev–Trinajstić information content (AvgIpc) is 2.86. The average molecular weight is 260 g/mol. The molecule has 0 aliphatic carbocycles. The molecular weight excluding hydrogens is 240 g/mol. The van der Waals surface area contributed by atoms with Crippen LogP contribution in [0.25, 0.3) is 0 Å². The van der Waals surface area contributed by atoms with E-state index in [2.05, 4.69) is 33.8 Å². The van der Waals surface area contributed by atoms with Crippen LogP contribution in [-0.4, -0.2) is 26.8 Å². The minimum absolute atomic E-state index is 0.309. The SMILES string of the molecule is CCc1cnc(N)nc1N(C)Cc1cnn(CC)c1. The van der Waals surface area contributed by atoms with Gasteiger partial charge in [0, 0.05) is 43.7 Å². The summed E-state index contributed by atoms with van der Waals surface area (Å²) in [7, 11) is 2.00. The Bertz CT molecular complexity index is 548. The van der Waals surface area contributed by atoms with Crippen molar-refractivity contribution in [3.8, 4) is 0 Å². The predicted octanol–water partition coefficient (Wildman–Crippen LogP) is 1.47. The zero-order valence-corrected chi connectivity index (χ0v) is 11.7. The Morgan fingerprint density at radius 2 is 2.11 bits per heavy atom. The molecule has 6 heteroatoms. The highest BCUT2D eigenvalue weighted by molar-refractivity contribution is 5.48. The van der Waals surface area contributed by atoms with E-state index in [1.54, 1.807) is 6.20 Å². The number of aromatic nitrogens is 4. The minimum Gasteiger partial charge on any atom is -0.368 e. The van der Waals surface area contributed by atoms with Gasteiger partial charge in [0.25, 0.3) is 0 Å². The third kappa shape index (κ3) is 3.01. The maximum absolute atomic E-state index is 5.67. The summed E-state index contributed by atoms with van der Waals surface area (Å²) in [6.07, 6.45) is 6.61. The van der Waals surface area contributed by atoms with Gasteiger partial charge in [-0.3, -0.25) is 4.68 Å². The van der Waals surface area contributed by atoms with Crippen molar-refractivity contribution >= 4 is 11.8 Å². The summed E-state index contributed by atoms with van der Waals surface area (Å²) in [5, 5.41) is 4.27. The number of anilines is 2. The number of rotatable bonds is 5. The van der Waals surface area contributed by atoms with Crippen molar-refractivity contribution in [3.63, 3.8) is 0 Å². The van der Waals surface area contributed by atoms with E-state index in [4.69, 9.17) is 5.73 Å². The zero-order chi connectivity index (χ0) is 13.8. The lowest BCUT2D eigenvalue weighted by molar-refractivity contribution is 0.659. The fraction of sp³-hybridized carbons (Fsp3) is 0.462. The summed E-state index contributed by atoms with van der Waals surface area (Å²) in [5.74, 6) is 1.20. The van der Waals surface area contributed by atoms with Gasteiger partial charge in [-0.2, -0.15) is 10.1 Å². The molecule has 2 heterocycles. The number of nitrogen functional groups attached to an aromatic ring is 1. The maximum atomic E-state index is 5.67. The first-order valence-electron chi connectivity index (χ1n) is 6.47. The summed E-state index contributed by atoms with van der Waals surface area (Å²) in [4.78, 5) is 10.5. The third-order valence-corrected chi connectivity index (χ3v) is 3.03. The van der Waals surface area contributed by atoms with Crippen LogP contribution in [0, 0.1) is 0 Å². The summed E-state index contributed by atoms with van der Waals surface area (Å²) < 4.78 is 1.91. The van der Waals surface area contributed by atoms with Crippen LogP contribution in [0.5, 0.6) is 0 Å². The topological polar surface area (TPSA) is 72.9 Å². The Kier molecular flexibility index (Phi) is 3.99. The van der Waals surface area contributed by atoms with Gasteiger partial charge >= 0.3 is 0 Å². The molecule has 19 heavy (non-hydrogen) atoms. The molecule has 2 rings (SSSR count). The molecule has 0 saturated heterocycles. The Hall–Kier alpha value is -2.11. The van der Waals surface area contributed by atoms with Gasteiger partial charge < -0.3 is 10.6 Å². The highest BCUT2D eigenvalue weighted by Crippen LogP contribution is 2.19.